The van der Waals surface area contributed by atoms with Crippen molar-refractivity contribution in [3.8, 4) is 5.75 Å². The minimum absolute atomic E-state index is 0.106. The number of ether oxygens (including phenoxy) is 1. The molecule has 1 saturated carbocycles. The van der Waals surface area contributed by atoms with Gasteiger partial charge < -0.3 is 20.7 Å². The maximum atomic E-state index is 12.0. The first kappa shape index (κ1) is 18.7. The smallest absolute Gasteiger partial charge is 0.243 e. The van der Waals surface area contributed by atoms with Crippen LogP contribution < -0.4 is 20.7 Å². The average Bonchev–Trinajstić information content (AvgIpc) is 3.52. The number of rotatable bonds is 8. The van der Waals surface area contributed by atoms with E-state index in [1.165, 1.54) is 12.8 Å². The number of carbonyl (C=O) groups excluding carboxylic acids is 1. The number of carbonyl (C=O) groups is 1. The molecule has 0 unspecified atom stereocenters. The molecule has 1 aliphatic rings. The number of aliphatic imine (C=N–C) groups is 1. The summed E-state index contributed by atoms with van der Waals surface area (Å²) in [7, 11) is 1.67. The van der Waals surface area contributed by atoms with E-state index in [0.29, 0.717) is 24.1 Å². The molecule has 0 saturated heterocycles. The van der Waals surface area contributed by atoms with E-state index in [1.54, 1.807) is 31.6 Å². The summed E-state index contributed by atoms with van der Waals surface area (Å²) in [5, 5.41) is 8.99. The quantitative estimate of drug-likeness (QED) is 0.492. The summed E-state index contributed by atoms with van der Waals surface area (Å²) in [6.45, 7) is 1.44. The maximum absolute atomic E-state index is 12.0. The first-order valence-electron chi connectivity index (χ1n) is 9.09. The van der Waals surface area contributed by atoms with Crippen LogP contribution in [-0.2, 0) is 11.3 Å². The summed E-state index contributed by atoms with van der Waals surface area (Å²) in [4.78, 5) is 20.1. The van der Waals surface area contributed by atoms with Crippen LogP contribution in [0.15, 0.2) is 53.8 Å². The molecule has 0 atom stereocenters. The minimum Gasteiger partial charge on any atom is -0.493 e. The highest BCUT2D eigenvalue weighted by Crippen LogP contribution is 2.30. The molecule has 1 fully saturated rings. The van der Waals surface area contributed by atoms with E-state index in [9.17, 15) is 4.79 Å². The van der Waals surface area contributed by atoms with Crippen LogP contribution in [-0.4, -0.2) is 37.1 Å². The van der Waals surface area contributed by atoms with Crippen LogP contribution in [0.1, 0.15) is 18.4 Å². The van der Waals surface area contributed by atoms with Gasteiger partial charge in [0.05, 0.1) is 25.0 Å². The topological polar surface area (TPSA) is 87.6 Å². The number of amides is 1. The van der Waals surface area contributed by atoms with Crippen molar-refractivity contribution in [1.82, 2.24) is 15.6 Å². The fourth-order valence-corrected chi connectivity index (χ4v) is 2.49. The zero-order valence-corrected chi connectivity index (χ0v) is 15.4. The molecule has 0 bridgehead atoms. The van der Waals surface area contributed by atoms with Gasteiger partial charge in [0.25, 0.3) is 0 Å². The molecule has 3 N–H and O–H groups in total. The zero-order valence-electron chi connectivity index (χ0n) is 15.4. The van der Waals surface area contributed by atoms with E-state index in [4.69, 9.17) is 4.74 Å². The highest BCUT2D eigenvalue weighted by molar-refractivity contribution is 5.94. The number of pyridine rings is 1. The van der Waals surface area contributed by atoms with Crippen LogP contribution in [0.4, 0.5) is 5.69 Å². The highest BCUT2D eigenvalue weighted by Gasteiger charge is 2.22. The molecule has 0 radical (unpaired) electrons. The van der Waals surface area contributed by atoms with Crippen molar-refractivity contribution in [3.63, 3.8) is 0 Å². The third-order valence-corrected chi connectivity index (χ3v) is 4.18. The van der Waals surface area contributed by atoms with Crippen molar-refractivity contribution >= 4 is 17.6 Å². The summed E-state index contributed by atoms with van der Waals surface area (Å²) in [5.41, 5.74) is 1.72. The van der Waals surface area contributed by atoms with Gasteiger partial charge in [-0.1, -0.05) is 18.2 Å². The van der Waals surface area contributed by atoms with Crippen molar-refractivity contribution in [2.45, 2.75) is 19.4 Å². The molecule has 7 nitrogen and oxygen atoms in total. The lowest BCUT2D eigenvalue weighted by Crippen LogP contribution is -2.41. The molecule has 1 amide bonds. The Hall–Kier alpha value is -3.09. The Morgan fingerprint density at radius 3 is 2.81 bits per heavy atom. The van der Waals surface area contributed by atoms with Crippen LogP contribution >= 0.6 is 0 Å². The first-order chi connectivity index (χ1) is 13.2. The number of para-hydroxylation sites is 1. The first-order valence-corrected chi connectivity index (χ1v) is 9.09. The molecular weight excluding hydrogens is 342 g/mol. The van der Waals surface area contributed by atoms with Gasteiger partial charge in [-0.3, -0.25) is 14.8 Å². The van der Waals surface area contributed by atoms with E-state index < -0.39 is 0 Å². The van der Waals surface area contributed by atoms with E-state index in [0.717, 1.165) is 17.9 Å². The monoisotopic (exact) mass is 367 g/mol. The second kappa shape index (κ2) is 9.56. The summed E-state index contributed by atoms with van der Waals surface area (Å²) in [6.07, 6.45) is 5.78. The Balaban J connectivity index is 1.45. The van der Waals surface area contributed by atoms with Gasteiger partial charge in [0.2, 0.25) is 5.91 Å². The van der Waals surface area contributed by atoms with Crippen molar-refractivity contribution < 1.29 is 9.53 Å². The Morgan fingerprint density at radius 2 is 2.07 bits per heavy atom. The highest BCUT2D eigenvalue weighted by atomic mass is 16.5. The largest absolute Gasteiger partial charge is 0.493 e. The number of hydrogen-bond acceptors (Lipinski definition) is 4. The second-order valence-corrected chi connectivity index (χ2v) is 6.43. The van der Waals surface area contributed by atoms with Gasteiger partial charge >= 0.3 is 0 Å². The number of guanidine groups is 1. The Morgan fingerprint density at radius 1 is 1.22 bits per heavy atom. The second-order valence-electron chi connectivity index (χ2n) is 6.43. The van der Waals surface area contributed by atoms with E-state index in [1.807, 2.05) is 24.3 Å². The van der Waals surface area contributed by atoms with Gasteiger partial charge in [-0.05, 0) is 37.0 Å². The molecule has 142 valence electrons. The van der Waals surface area contributed by atoms with Gasteiger partial charge in [-0.2, -0.15) is 0 Å². The van der Waals surface area contributed by atoms with Crippen LogP contribution in [0, 0.1) is 5.92 Å². The van der Waals surface area contributed by atoms with Crippen molar-refractivity contribution in [1.29, 1.82) is 0 Å². The molecule has 0 aliphatic heterocycles. The molecule has 27 heavy (non-hydrogen) atoms. The van der Waals surface area contributed by atoms with Crippen LogP contribution in [0.2, 0.25) is 0 Å². The lowest BCUT2D eigenvalue weighted by Gasteiger charge is -2.14. The summed E-state index contributed by atoms with van der Waals surface area (Å²) < 4.78 is 5.92. The fraction of sp³-hybridized carbons (Fsp3) is 0.350. The summed E-state index contributed by atoms with van der Waals surface area (Å²) in [6, 6.07) is 11.5. The van der Waals surface area contributed by atoms with Gasteiger partial charge in [0.15, 0.2) is 5.96 Å². The van der Waals surface area contributed by atoms with Crippen LogP contribution in [0.5, 0.6) is 5.75 Å². The van der Waals surface area contributed by atoms with Crippen molar-refractivity contribution in [2.24, 2.45) is 10.9 Å². The normalized spacial score (nSPS) is 13.7. The summed E-state index contributed by atoms with van der Waals surface area (Å²) in [5.74, 6) is 1.98. The molecular formula is C20H25N5O2. The molecule has 1 aliphatic carbocycles. The molecule has 1 heterocycles. The van der Waals surface area contributed by atoms with Crippen LogP contribution in [0.25, 0.3) is 0 Å². The Labute approximate surface area is 159 Å². The predicted octanol–water partition coefficient (Wildman–Crippen LogP) is 2.17. The maximum Gasteiger partial charge on any atom is 0.243 e. The predicted molar refractivity (Wildman–Crippen MR) is 106 cm³/mol. The fourth-order valence-electron chi connectivity index (χ4n) is 2.49. The number of benzene rings is 1. The molecule has 2 aromatic rings. The minimum atomic E-state index is -0.167. The van der Waals surface area contributed by atoms with Gasteiger partial charge in [-0.15, -0.1) is 0 Å². The Kier molecular flexibility index (Phi) is 6.62. The van der Waals surface area contributed by atoms with E-state index >= 15 is 0 Å². The molecule has 3 rings (SSSR count). The average molecular weight is 367 g/mol. The molecule has 0 spiro atoms. The SMILES string of the molecule is CN=C(NCC(=O)Nc1cccnc1)NCc1ccccc1OCC1CC1. The van der Waals surface area contributed by atoms with E-state index in [2.05, 4.69) is 25.9 Å². The molecule has 1 aromatic heterocycles. The third kappa shape index (κ3) is 6.29. The summed E-state index contributed by atoms with van der Waals surface area (Å²) >= 11 is 0. The standard InChI is InChI=1S/C20H25N5O2/c1-21-20(24-13-19(26)25-17-6-4-10-22-12-17)23-11-16-5-2-3-7-18(16)27-14-15-8-9-15/h2-7,10,12,15H,8-9,11,13-14H2,1H3,(H,25,26)(H2,21,23,24). The molecule has 7 heteroatoms. The number of anilines is 1. The zero-order chi connectivity index (χ0) is 18.9. The van der Waals surface area contributed by atoms with Crippen molar-refractivity contribution in [2.75, 3.05) is 25.5 Å². The number of aromatic nitrogens is 1. The van der Waals surface area contributed by atoms with Crippen LogP contribution in [0.3, 0.4) is 0 Å². The van der Waals surface area contributed by atoms with Gasteiger partial charge in [0.1, 0.15) is 5.75 Å². The number of nitrogens with one attached hydrogen (secondary N) is 3. The Bertz CT molecular complexity index is 775. The van der Waals surface area contributed by atoms with Crippen molar-refractivity contribution in [3.05, 3.63) is 54.4 Å². The van der Waals surface area contributed by atoms with Gasteiger partial charge in [-0.25, -0.2) is 0 Å². The van der Waals surface area contributed by atoms with E-state index in [-0.39, 0.29) is 12.5 Å². The molecule has 1 aromatic carbocycles. The lowest BCUT2D eigenvalue weighted by molar-refractivity contribution is -0.115. The number of nitrogens with zero attached hydrogens (tertiary/aromatic N) is 2. The lowest BCUT2D eigenvalue weighted by atomic mass is 10.2. The number of hydrogen-bond donors (Lipinski definition) is 3. The third-order valence-electron chi connectivity index (χ3n) is 4.18. The van der Waals surface area contributed by atoms with Gasteiger partial charge in [0, 0.05) is 25.4 Å².